The third-order valence-corrected chi connectivity index (χ3v) is 2.94. The molecular formula is C16H22N2O4. The van der Waals surface area contributed by atoms with Crippen molar-refractivity contribution in [3.8, 4) is 0 Å². The second kappa shape index (κ2) is 8.29. The van der Waals surface area contributed by atoms with Gasteiger partial charge in [-0.3, -0.25) is 9.63 Å². The van der Waals surface area contributed by atoms with Gasteiger partial charge in [-0.2, -0.15) is 0 Å². The fourth-order valence-corrected chi connectivity index (χ4v) is 1.89. The molecule has 1 aromatic carbocycles. The average molecular weight is 306 g/mol. The van der Waals surface area contributed by atoms with Crippen LogP contribution in [0.5, 0.6) is 0 Å². The molecule has 120 valence electrons. The molecule has 0 radical (unpaired) electrons. The van der Waals surface area contributed by atoms with Crippen molar-refractivity contribution in [2.24, 2.45) is 5.16 Å². The Bertz CT molecular complexity index is 538. The van der Waals surface area contributed by atoms with Crippen molar-refractivity contribution >= 4 is 17.6 Å². The molecule has 0 saturated heterocycles. The number of carbonyl (C=O) groups is 2. The van der Waals surface area contributed by atoms with Crippen LogP contribution in [0.3, 0.4) is 0 Å². The minimum absolute atomic E-state index is 0.0419. The number of aliphatic hydroxyl groups is 1. The Morgan fingerprint density at radius 1 is 1.27 bits per heavy atom. The van der Waals surface area contributed by atoms with E-state index < -0.39 is 11.6 Å². The number of ketones is 1. The van der Waals surface area contributed by atoms with Gasteiger partial charge in [-0.25, -0.2) is 4.79 Å². The van der Waals surface area contributed by atoms with Crippen LogP contribution in [0.2, 0.25) is 0 Å². The van der Waals surface area contributed by atoms with Crippen LogP contribution in [0, 0.1) is 0 Å². The van der Waals surface area contributed by atoms with E-state index in [-0.39, 0.29) is 24.5 Å². The van der Waals surface area contributed by atoms with E-state index in [4.69, 9.17) is 5.11 Å². The summed E-state index contributed by atoms with van der Waals surface area (Å²) in [5.41, 5.74) is 0.618. The first-order chi connectivity index (χ1) is 10.3. The zero-order valence-electron chi connectivity index (χ0n) is 13.1. The molecule has 0 aliphatic heterocycles. The molecule has 0 heterocycles. The van der Waals surface area contributed by atoms with E-state index in [9.17, 15) is 9.59 Å². The maximum atomic E-state index is 11.7. The maximum absolute atomic E-state index is 11.7. The van der Waals surface area contributed by atoms with Crippen LogP contribution in [0.4, 0.5) is 4.79 Å². The number of nitrogens with zero attached hydrogens (tertiary/aromatic N) is 1. The third kappa shape index (κ3) is 6.49. The van der Waals surface area contributed by atoms with E-state index in [1.807, 2.05) is 44.2 Å². The minimum atomic E-state index is -0.725. The molecule has 0 bridgehead atoms. The Kier molecular flexibility index (Phi) is 6.72. The highest BCUT2D eigenvalue weighted by Gasteiger charge is 2.22. The van der Waals surface area contributed by atoms with E-state index >= 15 is 0 Å². The lowest BCUT2D eigenvalue weighted by molar-refractivity contribution is -0.113. The van der Waals surface area contributed by atoms with Gasteiger partial charge in [0.05, 0.1) is 6.61 Å². The third-order valence-electron chi connectivity index (χ3n) is 2.94. The molecule has 0 fully saturated rings. The standard InChI is InChI=1S/C16H22N2O4/c1-12(14(20)9-10-19)18-22-15(21)17-16(2,3)11-13-7-5-4-6-8-13/h4-8,19H,9-11H2,1-3H3,(H,17,21). The molecule has 6 nitrogen and oxygen atoms in total. The van der Waals surface area contributed by atoms with Gasteiger partial charge < -0.3 is 10.4 Å². The molecular weight excluding hydrogens is 284 g/mol. The van der Waals surface area contributed by atoms with Gasteiger partial charge in [-0.05, 0) is 32.8 Å². The lowest BCUT2D eigenvalue weighted by atomic mass is 9.95. The van der Waals surface area contributed by atoms with Gasteiger partial charge in [-0.15, -0.1) is 0 Å². The Hall–Kier alpha value is -2.21. The summed E-state index contributed by atoms with van der Waals surface area (Å²) >= 11 is 0. The largest absolute Gasteiger partial charge is 0.433 e. The Labute approximate surface area is 130 Å². The summed E-state index contributed by atoms with van der Waals surface area (Å²) in [6.45, 7) is 4.91. The van der Waals surface area contributed by atoms with Crippen molar-refractivity contribution in [3.05, 3.63) is 35.9 Å². The van der Waals surface area contributed by atoms with Crippen LogP contribution >= 0.6 is 0 Å². The predicted molar refractivity (Wildman–Crippen MR) is 83.7 cm³/mol. The highest BCUT2D eigenvalue weighted by atomic mass is 16.7. The number of nitrogens with one attached hydrogen (secondary N) is 1. The normalized spacial score (nSPS) is 11.9. The highest BCUT2D eigenvalue weighted by Crippen LogP contribution is 2.12. The summed E-state index contributed by atoms with van der Waals surface area (Å²) in [5.74, 6) is -0.362. The van der Waals surface area contributed by atoms with Crippen molar-refractivity contribution in [3.63, 3.8) is 0 Å². The van der Waals surface area contributed by atoms with Crippen LogP contribution in [0.1, 0.15) is 32.8 Å². The van der Waals surface area contributed by atoms with E-state index in [1.165, 1.54) is 6.92 Å². The Morgan fingerprint density at radius 2 is 1.91 bits per heavy atom. The zero-order chi connectivity index (χ0) is 16.6. The van der Waals surface area contributed by atoms with Crippen LogP contribution in [-0.2, 0) is 16.1 Å². The number of amides is 1. The first-order valence-electron chi connectivity index (χ1n) is 7.06. The van der Waals surface area contributed by atoms with E-state index in [0.29, 0.717) is 6.42 Å². The first kappa shape index (κ1) is 17.8. The zero-order valence-corrected chi connectivity index (χ0v) is 13.1. The highest BCUT2D eigenvalue weighted by molar-refractivity contribution is 6.38. The monoisotopic (exact) mass is 306 g/mol. The maximum Gasteiger partial charge on any atom is 0.433 e. The molecule has 0 unspecified atom stereocenters. The molecule has 6 heteroatoms. The summed E-state index contributed by atoms with van der Waals surface area (Å²) in [6.07, 6.45) is -0.133. The number of rotatable bonds is 7. The van der Waals surface area contributed by atoms with Crippen molar-refractivity contribution in [1.29, 1.82) is 0 Å². The summed E-state index contributed by atoms with van der Waals surface area (Å²) in [6, 6.07) is 9.75. The molecule has 0 aromatic heterocycles. The van der Waals surface area contributed by atoms with Crippen molar-refractivity contribution in [1.82, 2.24) is 5.32 Å². The van der Waals surface area contributed by atoms with E-state index in [1.54, 1.807) is 0 Å². The van der Waals surface area contributed by atoms with Gasteiger partial charge >= 0.3 is 6.09 Å². The molecule has 1 rings (SSSR count). The quantitative estimate of drug-likeness (QED) is 0.458. The molecule has 0 atom stereocenters. The molecule has 22 heavy (non-hydrogen) atoms. The Balaban J connectivity index is 2.53. The van der Waals surface area contributed by atoms with Gasteiger partial charge in [-0.1, -0.05) is 35.5 Å². The van der Waals surface area contributed by atoms with Crippen LogP contribution in [-0.4, -0.2) is 34.8 Å². The van der Waals surface area contributed by atoms with Crippen molar-refractivity contribution < 1.29 is 19.5 Å². The summed E-state index contributed by atoms with van der Waals surface area (Å²) < 4.78 is 0. The SMILES string of the molecule is CC(=NOC(=O)NC(C)(C)Cc1ccccc1)C(=O)CCO. The molecule has 1 aromatic rings. The number of benzene rings is 1. The average Bonchev–Trinajstić information content (AvgIpc) is 2.45. The summed E-state index contributed by atoms with van der Waals surface area (Å²) in [4.78, 5) is 27.8. The van der Waals surface area contributed by atoms with E-state index in [2.05, 4.69) is 15.3 Å². The second-order valence-corrected chi connectivity index (χ2v) is 5.62. The summed E-state index contributed by atoms with van der Waals surface area (Å²) in [5, 5.41) is 14.8. The number of aliphatic hydroxyl groups excluding tert-OH is 1. The topological polar surface area (TPSA) is 88.0 Å². The van der Waals surface area contributed by atoms with E-state index in [0.717, 1.165) is 5.56 Å². The van der Waals surface area contributed by atoms with Gasteiger partial charge in [0, 0.05) is 12.0 Å². The molecule has 1 amide bonds. The number of hydrogen-bond donors (Lipinski definition) is 2. The Morgan fingerprint density at radius 3 is 2.50 bits per heavy atom. The number of hydrogen-bond acceptors (Lipinski definition) is 5. The smallest absolute Gasteiger partial charge is 0.396 e. The minimum Gasteiger partial charge on any atom is -0.396 e. The summed E-state index contributed by atoms with van der Waals surface area (Å²) in [7, 11) is 0. The van der Waals surface area contributed by atoms with Gasteiger partial charge in [0.2, 0.25) is 0 Å². The first-order valence-corrected chi connectivity index (χ1v) is 7.06. The number of oxime groups is 1. The number of Topliss-reactive ketones (excluding diaryl/α,β-unsaturated/α-hetero) is 1. The molecule has 0 aliphatic carbocycles. The lowest BCUT2D eigenvalue weighted by Gasteiger charge is -2.25. The molecule has 0 aliphatic rings. The van der Waals surface area contributed by atoms with Crippen LogP contribution in [0.25, 0.3) is 0 Å². The molecule has 0 saturated carbocycles. The van der Waals surface area contributed by atoms with Crippen LogP contribution in [0.15, 0.2) is 35.5 Å². The fourth-order valence-electron chi connectivity index (χ4n) is 1.89. The van der Waals surface area contributed by atoms with Gasteiger partial charge in [0.1, 0.15) is 5.71 Å². The van der Waals surface area contributed by atoms with Crippen LogP contribution < -0.4 is 5.32 Å². The second-order valence-electron chi connectivity index (χ2n) is 5.62. The predicted octanol–water partition coefficient (Wildman–Crippen LogP) is 2.06. The molecule has 0 spiro atoms. The van der Waals surface area contributed by atoms with Crippen molar-refractivity contribution in [2.45, 2.75) is 39.2 Å². The molecule has 2 N–H and O–H groups in total. The van der Waals surface area contributed by atoms with Gasteiger partial charge in [0.25, 0.3) is 0 Å². The van der Waals surface area contributed by atoms with Crippen molar-refractivity contribution in [2.75, 3.05) is 6.61 Å². The lowest BCUT2D eigenvalue weighted by Crippen LogP contribution is -2.45. The van der Waals surface area contributed by atoms with Gasteiger partial charge in [0.15, 0.2) is 5.78 Å². The fraction of sp³-hybridized carbons (Fsp3) is 0.438. The number of carbonyl (C=O) groups excluding carboxylic acids is 2.